The molecule has 2 aromatic carbocycles. The minimum absolute atomic E-state index is 0.187. The lowest BCUT2D eigenvalue weighted by Crippen LogP contribution is -2.41. The normalized spacial score (nSPS) is 13.6. The average molecular weight is 347 g/mol. The number of ether oxygens (including phenoxy) is 1. The Morgan fingerprint density at radius 1 is 1.08 bits per heavy atom. The Hall–Kier alpha value is -2.74. The molecule has 24 heavy (non-hydrogen) atoms. The molecule has 3 rings (SSSR count). The molecule has 0 atom stereocenters. The quantitative estimate of drug-likeness (QED) is 0.887. The van der Waals surface area contributed by atoms with Crippen molar-refractivity contribution in [2.75, 3.05) is 27.5 Å². The van der Waals surface area contributed by atoms with Gasteiger partial charge in [0.15, 0.2) is 0 Å². The highest BCUT2D eigenvalue weighted by molar-refractivity contribution is 7.94. The van der Waals surface area contributed by atoms with Crippen molar-refractivity contribution in [3.63, 3.8) is 0 Å². The lowest BCUT2D eigenvalue weighted by Gasteiger charge is -2.30. The second-order valence-electron chi connectivity index (χ2n) is 5.25. The van der Waals surface area contributed by atoms with E-state index >= 15 is 0 Å². The van der Waals surface area contributed by atoms with Crippen LogP contribution in [0.4, 0.5) is 17.1 Å². The van der Waals surface area contributed by atoms with E-state index < -0.39 is 10.2 Å². The maximum absolute atomic E-state index is 12.7. The van der Waals surface area contributed by atoms with Gasteiger partial charge in [0.25, 0.3) is 0 Å². The Kier molecular flexibility index (Phi) is 4.30. The molecule has 126 valence electrons. The van der Waals surface area contributed by atoms with Crippen molar-refractivity contribution in [3.05, 3.63) is 48.5 Å². The van der Waals surface area contributed by atoms with Crippen molar-refractivity contribution in [1.82, 2.24) is 0 Å². The van der Waals surface area contributed by atoms with Crippen LogP contribution in [0.2, 0.25) is 0 Å². The van der Waals surface area contributed by atoms with Gasteiger partial charge in [-0.3, -0.25) is 9.52 Å². The van der Waals surface area contributed by atoms with Gasteiger partial charge >= 0.3 is 10.2 Å². The van der Waals surface area contributed by atoms with Gasteiger partial charge in [0.2, 0.25) is 5.91 Å². The van der Waals surface area contributed by atoms with Crippen molar-refractivity contribution < 1.29 is 17.9 Å². The maximum Gasteiger partial charge on any atom is 0.324 e. The predicted molar refractivity (Wildman–Crippen MR) is 92.6 cm³/mol. The smallest absolute Gasteiger partial charge is 0.324 e. The third kappa shape index (κ3) is 3.43. The van der Waals surface area contributed by atoms with Gasteiger partial charge in [-0.15, -0.1) is 0 Å². The first-order valence-electron chi connectivity index (χ1n) is 7.36. The summed E-state index contributed by atoms with van der Waals surface area (Å²) in [6.07, 6.45) is 0. The lowest BCUT2D eigenvalue weighted by molar-refractivity contribution is -0.114. The Bertz CT molecular complexity index is 850. The molecule has 0 bridgehead atoms. The molecule has 0 unspecified atom stereocenters. The minimum atomic E-state index is -3.77. The number of benzene rings is 2. The first kappa shape index (κ1) is 16.1. The molecule has 0 aromatic heterocycles. The van der Waals surface area contributed by atoms with E-state index in [1.807, 2.05) is 0 Å². The molecule has 0 radical (unpaired) electrons. The topological polar surface area (TPSA) is 87.7 Å². The summed E-state index contributed by atoms with van der Waals surface area (Å²) in [6.45, 7) is 1.93. The molecule has 7 nitrogen and oxygen atoms in total. The molecule has 0 fully saturated rings. The van der Waals surface area contributed by atoms with Crippen LogP contribution in [0.25, 0.3) is 0 Å². The zero-order chi connectivity index (χ0) is 17.2. The molecule has 8 heteroatoms. The maximum atomic E-state index is 12.7. The van der Waals surface area contributed by atoms with E-state index in [1.165, 1.54) is 11.2 Å². The van der Waals surface area contributed by atoms with Crippen molar-refractivity contribution in [2.24, 2.45) is 0 Å². The van der Waals surface area contributed by atoms with Gasteiger partial charge in [-0.25, -0.2) is 4.31 Å². The number of anilines is 3. The van der Waals surface area contributed by atoms with E-state index in [0.29, 0.717) is 29.4 Å². The van der Waals surface area contributed by atoms with Gasteiger partial charge in [0.1, 0.15) is 12.4 Å². The fraction of sp³-hybridized carbons (Fsp3) is 0.188. The van der Waals surface area contributed by atoms with Gasteiger partial charge in [-0.2, -0.15) is 8.42 Å². The monoisotopic (exact) mass is 347 g/mol. The van der Waals surface area contributed by atoms with E-state index in [2.05, 4.69) is 10.0 Å². The third-order valence-corrected chi connectivity index (χ3v) is 4.88. The molecule has 0 saturated heterocycles. The van der Waals surface area contributed by atoms with Gasteiger partial charge in [-0.1, -0.05) is 12.1 Å². The molecule has 1 aliphatic heterocycles. The van der Waals surface area contributed by atoms with Crippen LogP contribution < -0.4 is 19.1 Å². The zero-order valence-corrected chi connectivity index (χ0v) is 13.8. The molecule has 1 aliphatic rings. The van der Waals surface area contributed by atoms with Crippen molar-refractivity contribution in [2.45, 2.75) is 6.92 Å². The van der Waals surface area contributed by atoms with Crippen LogP contribution in [-0.2, 0) is 15.0 Å². The Labute approximate surface area is 140 Å². The largest absolute Gasteiger partial charge is 0.489 e. The van der Waals surface area contributed by atoms with Crippen molar-refractivity contribution in [3.8, 4) is 5.75 Å². The molecule has 2 aromatic rings. The van der Waals surface area contributed by atoms with E-state index in [9.17, 15) is 13.2 Å². The van der Waals surface area contributed by atoms with Crippen LogP contribution in [0.3, 0.4) is 0 Å². The van der Waals surface area contributed by atoms with Gasteiger partial charge < -0.3 is 10.1 Å². The summed E-state index contributed by atoms with van der Waals surface area (Å²) in [7, 11) is -3.77. The summed E-state index contributed by atoms with van der Waals surface area (Å²) in [5.41, 5.74) is 1.52. The summed E-state index contributed by atoms with van der Waals surface area (Å²) < 4.78 is 34.6. The minimum Gasteiger partial charge on any atom is -0.489 e. The average Bonchev–Trinajstić information content (AvgIpc) is 2.55. The summed E-state index contributed by atoms with van der Waals surface area (Å²) in [6, 6.07) is 13.4. The van der Waals surface area contributed by atoms with Crippen molar-refractivity contribution in [1.29, 1.82) is 0 Å². The number of fused-ring (bicyclic) bond motifs is 1. The Balaban J connectivity index is 1.81. The van der Waals surface area contributed by atoms with E-state index in [4.69, 9.17) is 4.74 Å². The number of carbonyl (C=O) groups is 1. The molecule has 2 N–H and O–H groups in total. The second kappa shape index (κ2) is 6.40. The summed E-state index contributed by atoms with van der Waals surface area (Å²) in [5.74, 6) is 0.350. The van der Waals surface area contributed by atoms with Crippen LogP contribution >= 0.6 is 0 Å². The lowest BCUT2D eigenvalue weighted by atomic mass is 10.2. The molecular weight excluding hydrogens is 330 g/mol. The summed E-state index contributed by atoms with van der Waals surface area (Å²) in [5, 5.41) is 2.63. The zero-order valence-electron chi connectivity index (χ0n) is 13.0. The van der Waals surface area contributed by atoms with Crippen LogP contribution in [0.5, 0.6) is 5.75 Å². The number of nitrogens with one attached hydrogen (secondary N) is 2. The highest BCUT2D eigenvalue weighted by Gasteiger charge is 2.28. The molecule has 1 amide bonds. The first-order chi connectivity index (χ1) is 11.5. The van der Waals surface area contributed by atoms with E-state index in [0.717, 1.165) is 0 Å². The van der Waals surface area contributed by atoms with Crippen LogP contribution in [-0.4, -0.2) is 27.5 Å². The highest BCUT2D eigenvalue weighted by Crippen LogP contribution is 2.33. The molecular formula is C16H17N3O4S. The fourth-order valence-corrected chi connectivity index (χ4v) is 3.69. The standard InChI is InChI=1S/C16H17N3O4S/c1-12(20)17-13-6-8-14(9-7-13)18-24(21,22)19-10-11-23-16-5-3-2-4-15(16)19/h2-9,18H,10-11H2,1H3,(H,17,20). The third-order valence-electron chi connectivity index (χ3n) is 3.43. The van der Waals surface area contributed by atoms with Crippen LogP contribution in [0, 0.1) is 0 Å². The predicted octanol–water partition coefficient (Wildman–Crippen LogP) is 2.20. The molecule has 0 saturated carbocycles. The number of para-hydroxylation sites is 2. The Morgan fingerprint density at radius 3 is 2.46 bits per heavy atom. The van der Waals surface area contributed by atoms with Crippen molar-refractivity contribution >= 4 is 33.2 Å². The van der Waals surface area contributed by atoms with E-state index in [-0.39, 0.29) is 12.5 Å². The van der Waals surface area contributed by atoms with Gasteiger partial charge in [0.05, 0.1) is 17.9 Å². The number of hydrogen-bond acceptors (Lipinski definition) is 4. The number of carbonyl (C=O) groups excluding carboxylic acids is 1. The first-order valence-corrected chi connectivity index (χ1v) is 8.80. The SMILES string of the molecule is CC(=O)Nc1ccc(NS(=O)(=O)N2CCOc3ccccc32)cc1. The van der Waals surface area contributed by atoms with Gasteiger partial charge in [-0.05, 0) is 36.4 Å². The van der Waals surface area contributed by atoms with Crippen LogP contribution in [0.1, 0.15) is 6.92 Å². The number of rotatable bonds is 4. The molecule has 0 spiro atoms. The number of amides is 1. The second-order valence-corrected chi connectivity index (χ2v) is 6.85. The number of nitrogens with zero attached hydrogens (tertiary/aromatic N) is 1. The fourth-order valence-electron chi connectivity index (χ4n) is 2.42. The van der Waals surface area contributed by atoms with E-state index in [1.54, 1.807) is 48.5 Å². The number of hydrogen-bond donors (Lipinski definition) is 2. The summed E-state index contributed by atoms with van der Waals surface area (Å²) >= 11 is 0. The van der Waals surface area contributed by atoms with Gasteiger partial charge in [0, 0.05) is 12.6 Å². The highest BCUT2D eigenvalue weighted by atomic mass is 32.2. The summed E-state index contributed by atoms with van der Waals surface area (Å²) in [4.78, 5) is 11.0. The molecule has 0 aliphatic carbocycles. The Morgan fingerprint density at radius 2 is 1.75 bits per heavy atom. The molecule has 1 heterocycles. The van der Waals surface area contributed by atoms with Crippen LogP contribution in [0.15, 0.2) is 48.5 Å².